The van der Waals surface area contributed by atoms with Crippen LogP contribution in [0, 0.1) is 0 Å². The lowest BCUT2D eigenvalue weighted by Gasteiger charge is -2.09. The van der Waals surface area contributed by atoms with Gasteiger partial charge in [-0.15, -0.1) is 0 Å². The zero-order valence-corrected chi connectivity index (χ0v) is 15.6. The highest BCUT2D eigenvalue weighted by atomic mass is 16.5. The number of ether oxygens (including phenoxy) is 1. The minimum atomic E-state index is 0.326. The number of guanidine groups is 1. The summed E-state index contributed by atoms with van der Waals surface area (Å²) in [4.78, 5) is 8.59. The number of nitrogens with two attached hydrogens (primary N) is 1. The van der Waals surface area contributed by atoms with Crippen LogP contribution in [0.1, 0.15) is 5.56 Å². The summed E-state index contributed by atoms with van der Waals surface area (Å²) >= 11 is 0. The number of benzene rings is 3. The molecule has 0 aliphatic carbocycles. The molecule has 3 aromatic carbocycles. The van der Waals surface area contributed by atoms with Crippen molar-refractivity contribution < 1.29 is 4.74 Å². The van der Waals surface area contributed by atoms with E-state index in [2.05, 4.69) is 25.5 Å². The van der Waals surface area contributed by atoms with Crippen LogP contribution in [0.3, 0.4) is 0 Å². The van der Waals surface area contributed by atoms with Gasteiger partial charge in [0.05, 0.1) is 6.54 Å². The quantitative estimate of drug-likeness (QED) is 0.342. The Morgan fingerprint density at radius 3 is 2.62 bits per heavy atom. The van der Waals surface area contributed by atoms with Crippen molar-refractivity contribution in [3.63, 3.8) is 0 Å². The van der Waals surface area contributed by atoms with E-state index in [-0.39, 0.29) is 0 Å². The zero-order chi connectivity index (χ0) is 19.9. The van der Waals surface area contributed by atoms with E-state index in [9.17, 15) is 0 Å². The number of rotatable bonds is 6. The molecule has 29 heavy (non-hydrogen) atoms. The van der Waals surface area contributed by atoms with Crippen LogP contribution in [0.15, 0.2) is 90.2 Å². The summed E-state index contributed by atoms with van der Waals surface area (Å²) in [5.74, 6) is 2.54. The molecule has 0 atom stereocenters. The van der Waals surface area contributed by atoms with Gasteiger partial charge in [0.2, 0.25) is 0 Å². The standard InChI is InChI=1S/C22H20N6O/c23-22(24-14-16-6-4-7-17(12-16)21-25-15-26-28-21)27-18-8-5-11-20(13-18)29-19-9-2-1-3-10-19/h1-13,15H,14H2,(H3,23,24,27)(H,25,26,28). The molecule has 144 valence electrons. The highest BCUT2D eigenvalue weighted by Crippen LogP contribution is 2.23. The highest BCUT2D eigenvalue weighted by Gasteiger charge is 2.03. The van der Waals surface area contributed by atoms with Crippen LogP contribution in [0.5, 0.6) is 11.5 Å². The second-order valence-electron chi connectivity index (χ2n) is 6.30. The molecular formula is C22H20N6O. The molecule has 4 aromatic rings. The van der Waals surface area contributed by atoms with Crippen LogP contribution in [0.2, 0.25) is 0 Å². The summed E-state index contributed by atoms with van der Waals surface area (Å²) in [6, 6.07) is 25.1. The third kappa shape index (κ3) is 4.98. The molecule has 7 nitrogen and oxygen atoms in total. The van der Waals surface area contributed by atoms with Crippen molar-refractivity contribution in [3.05, 3.63) is 90.8 Å². The molecule has 0 saturated heterocycles. The van der Waals surface area contributed by atoms with Crippen molar-refractivity contribution in [1.82, 2.24) is 15.2 Å². The molecule has 0 radical (unpaired) electrons. The van der Waals surface area contributed by atoms with Crippen LogP contribution >= 0.6 is 0 Å². The largest absolute Gasteiger partial charge is 0.457 e. The molecule has 0 aliphatic heterocycles. The van der Waals surface area contributed by atoms with Crippen LogP contribution in [0.25, 0.3) is 11.4 Å². The molecule has 1 aromatic heterocycles. The van der Waals surface area contributed by atoms with Crippen molar-refractivity contribution in [2.45, 2.75) is 6.54 Å². The molecule has 7 heteroatoms. The molecule has 0 bridgehead atoms. The number of H-pyrrole nitrogens is 1. The van der Waals surface area contributed by atoms with Gasteiger partial charge in [-0.25, -0.2) is 9.98 Å². The fourth-order valence-electron chi connectivity index (χ4n) is 2.79. The average molecular weight is 384 g/mol. The van der Waals surface area contributed by atoms with E-state index in [1.54, 1.807) is 0 Å². The first kappa shape index (κ1) is 18.2. The van der Waals surface area contributed by atoms with Gasteiger partial charge in [0.15, 0.2) is 11.8 Å². The highest BCUT2D eigenvalue weighted by molar-refractivity contribution is 5.92. The topological polar surface area (TPSA) is 101 Å². The number of aromatic amines is 1. The SMILES string of the molecule is NC(=NCc1cccc(-c2ncn[nH]2)c1)Nc1cccc(Oc2ccccc2)c1. The van der Waals surface area contributed by atoms with Crippen molar-refractivity contribution in [2.24, 2.45) is 10.7 Å². The summed E-state index contributed by atoms with van der Waals surface area (Å²) in [6.45, 7) is 0.445. The monoisotopic (exact) mass is 384 g/mol. The van der Waals surface area contributed by atoms with Crippen LogP contribution in [-0.2, 0) is 6.54 Å². The summed E-state index contributed by atoms with van der Waals surface area (Å²) in [6.07, 6.45) is 1.48. The number of nitrogens with zero attached hydrogens (tertiary/aromatic N) is 3. The molecule has 1 heterocycles. The Kier molecular flexibility index (Phi) is 5.48. The molecule has 4 rings (SSSR count). The summed E-state index contributed by atoms with van der Waals surface area (Å²) in [5.41, 5.74) is 8.83. The lowest BCUT2D eigenvalue weighted by atomic mass is 10.1. The Hall–Kier alpha value is -4.13. The lowest BCUT2D eigenvalue weighted by Crippen LogP contribution is -2.22. The maximum absolute atomic E-state index is 6.06. The third-order valence-electron chi connectivity index (χ3n) is 4.13. The van der Waals surface area contributed by atoms with Gasteiger partial charge in [-0.1, -0.05) is 42.5 Å². The van der Waals surface area contributed by atoms with Crippen molar-refractivity contribution in [1.29, 1.82) is 0 Å². The van der Waals surface area contributed by atoms with Gasteiger partial charge in [-0.2, -0.15) is 5.10 Å². The molecule has 0 fully saturated rings. The van der Waals surface area contributed by atoms with Crippen molar-refractivity contribution >= 4 is 11.6 Å². The first-order valence-electron chi connectivity index (χ1n) is 9.11. The molecule has 4 N–H and O–H groups in total. The molecular weight excluding hydrogens is 364 g/mol. The van der Waals surface area contributed by atoms with Crippen LogP contribution in [-0.4, -0.2) is 21.1 Å². The van der Waals surface area contributed by atoms with Gasteiger partial charge in [-0.3, -0.25) is 5.10 Å². The van der Waals surface area contributed by atoms with E-state index >= 15 is 0 Å². The number of anilines is 1. The van der Waals surface area contributed by atoms with Crippen LogP contribution < -0.4 is 15.8 Å². The van der Waals surface area contributed by atoms with E-state index < -0.39 is 0 Å². The predicted octanol–water partition coefficient (Wildman–Crippen LogP) is 4.19. The molecule has 0 aliphatic rings. The second-order valence-corrected chi connectivity index (χ2v) is 6.30. The summed E-state index contributed by atoms with van der Waals surface area (Å²) in [5, 5.41) is 9.83. The number of aliphatic imine (C=N–C) groups is 1. The van der Waals surface area contributed by atoms with E-state index in [4.69, 9.17) is 10.5 Å². The minimum Gasteiger partial charge on any atom is -0.457 e. The fraction of sp³-hybridized carbons (Fsp3) is 0.0455. The van der Waals surface area contributed by atoms with Gasteiger partial charge >= 0.3 is 0 Å². The Bertz CT molecular complexity index is 1090. The number of aromatic nitrogens is 3. The maximum Gasteiger partial charge on any atom is 0.193 e. The molecule has 0 spiro atoms. The number of para-hydroxylation sites is 1. The van der Waals surface area contributed by atoms with E-state index in [0.717, 1.165) is 28.4 Å². The zero-order valence-electron chi connectivity index (χ0n) is 15.6. The number of hydrogen-bond acceptors (Lipinski definition) is 4. The van der Waals surface area contributed by atoms with Crippen molar-refractivity contribution in [2.75, 3.05) is 5.32 Å². The molecule has 0 amide bonds. The first-order chi connectivity index (χ1) is 14.3. The number of hydrogen-bond donors (Lipinski definition) is 3. The summed E-state index contributed by atoms with van der Waals surface area (Å²) in [7, 11) is 0. The normalized spacial score (nSPS) is 11.2. The summed E-state index contributed by atoms with van der Waals surface area (Å²) < 4.78 is 5.84. The molecule has 0 saturated carbocycles. The lowest BCUT2D eigenvalue weighted by molar-refractivity contribution is 0.483. The smallest absolute Gasteiger partial charge is 0.193 e. The minimum absolute atomic E-state index is 0.326. The van der Waals surface area contributed by atoms with Crippen molar-refractivity contribution in [3.8, 4) is 22.9 Å². The van der Waals surface area contributed by atoms with Gasteiger partial charge in [0.25, 0.3) is 0 Å². The van der Waals surface area contributed by atoms with Gasteiger partial charge in [-0.05, 0) is 35.9 Å². The van der Waals surface area contributed by atoms with E-state index in [1.807, 2.05) is 78.9 Å². The Morgan fingerprint density at radius 2 is 1.79 bits per heavy atom. The number of nitrogens with one attached hydrogen (secondary N) is 2. The van der Waals surface area contributed by atoms with Gasteiger partial charge < -0.3 is 15.8 Å². The van der Waals surface area contributed by atoms with Gasteiger partial charge in [0.1, 0.15) is 17.8 Å². The van der Waals surface area contributed by atoms with Crippen LogP contribution in [0.4, 0.5) is 5.69 Å². The maximum atomic E-state index is 6.06. The second kappa shape index (κ2) is 8.71. The average Bonchev–Trinajstić information content (AvgIpc) is 3.29. The van der Waals surface area contributed by atoms with Gasteiger partial charge in [0, 0.05) is 17.3 Å². The molecule has 0 unspecified atom stereocenters. The van der Waals surface area contributed by atoms with E-state index in [1.165, 1.54) is 6.33 Å². The third-order valence-corrected chi connectivity index (χ3v) is 4.13. The first-order valence-corrected chi connectivity index (χ1v) is 9.11. The Labute approximate surface area is 168 Å². The predicted molar refractivity (Wildman–Crippen MR) is 114 cm³/mol. The Morgan fingerprint density at radius 1 is 0.966 bits per heavy atom. The Balaban J connectivity index is 1.40. The fourth-order valence-corrected chi connectivity index (χ4v) is 2.79. The van der Waals surface area contributed by atoms with E-state index in [0.29, 0.717) is 18.3 Å².